The van der Waals surface area contributed by atoms with Gasteiger partial charge in [-0.2, -0.15) is 0 Å². The number of aryl methyl sites for hydroxylation is 1. The van der Waals surface area contributed by atoms with Gasteiger partial charge in [-0.25, -0.2) is 4.79 Å². The molecule has 94 valence electrons. The lowest BCUT2D eigenvalue weighted by Crippen LogP contribution is -2.00. The summed E-state index contributed by atoms with van der Waals surface area (Å²) in [5.41, 5.74) is 3.43. The van der Waals surface area contributed by atoms with Crippen LogP contribution in [0.1, 0.15) is 5.56 Å². The van der Waals surface area contributed by atoms with Gasteiger partial charge in [0.15, 0.2) is 5.09 Å². The highest BCUT2D eigenvalue weighted by atomic mass is 32.1. The number of rotatable bonds is 0. The molecule has 1 heterocycles. The molecule has 2 aliphatic rings. The molecule has 4 rings (SSSR count). The Labute approximate surface area is 116 Å². The van der Waals surface area contributed by atoms with Gasteiger partial charge < -0.3 is 4.42 Å². The smallest absolute Gasteiger partial charge is 0.344 e. The molecule has 0 N–H and O–H groups in total. The van der Waals surface area contributed by atoms with E-state index in [1.54, 1.807) is 6.07 Å². The van der Waals surface area contributed by atoms with Crippen LogP contribution in [0.3, 0.4) is 0 Å². The van der Waals surface area contributed by atoms with E-state index in [9.17, 15) is 4.79 Å². The Morgan fingerprint density at radius 3 is 2.11 bits per heavy atom. The Balaban J connectivity index is 0.000000151. The van der Waals surface area contributed by atoms with E-state index in [2.05, 4.69) is 36.9 Å². The summed E-state index contributed by atoms with van der Waals surface area (Å²) in [4.78, 5) is 11.3. The molecule has 0 radical (unpaired) electrons. The van der Waals surface area contributed by atoms with Crippen LogP contribution in [0, 0.1) is 6.92 Å². The van der Waals surface area contributed by atoms with Gasteiger partial charge in [0, 0.05) is 5.56 Å². The van der Waals surface area contributed by atoms with Crippen LogP contribution in [0.4, 0.5) is 0 Å². The lowest BCUT2D eigenvalue weighted by molar-refractivity contribution is 0.426. The second-order valence-corrected chi connectivity index (χ2v) is 4.85. The van der Waals surface area contributed by atoms with Crippen molar-refractivity contribution in [1.82, 2.24) is 0 Å². The molecule has 1 aromatic heterocycles. The van der Waals surface area contributed by atoms with Crippen molar-refractivity contribution in [2.75, 3.05) is 0 Å². The van der Waals surface area contributed by atoms with Crippen LogP contribution in [-0.4, -0.2) is 0 Å². The van der Waals surface area contributed by atoms with Gasteiger partial charge in [-0.3, -0.25) is 0 Å². The van der Waals surface area contributed by atoms with Crippen LogP contribution in [0.2, 0.25) is 0 Å². The molecule has 0 spiro atoms. The molecule has 2 aromatic rings. The van der Waals surface area contributed by atoms with Crippen molar-refractivity contribution in [2.24, 2.45) is 0 Å². The average molecular weight is 268 g/mol. The van der Waals surface area contributed by atoms with Crippen molar-refractivity contribution in [3.8, 4) is 11.1 Å². The van der Waals surface area contributed by atoms with Crippen molar-refractivity contribution >= 4 is 23.4 Å². The molecule has 1 aromatic carbocycles. The van der Waals surface area contributed by atoms with Crippen molar-refractivity contribution in [1.29, 1.82) is 0 Å². The van der Waals surface area contributed by atoms with Gasteiger partial charge in [0.05, 0.1) is 5.39 Å². The summed E-state index contributed by atoms with van der Waals surface area (Å²) < 4.78 is 4.93. The minimum atomic E-state index is -0.328. The van der Waals surface area contributed by atoms with Crippen LogP contribution >= 0.6 is 12.6 Å². The third kappa shape index (κ3) is 2.29. The van der Waals surface area contributed by atoms with Gasteiger partial charge in [-0.1, -0.05) is 36.4 Å². The Bertz CT molecular complexity index is 801. The van der Waals surface area contributed by atoms with Gasteiger partial charge >= 0.3 is 5.63 Å². The van der Waals surface area contributed by atoms with E-state index < -0.39 is 0 Å². The molecule has 0 atom stereocenters. The van der Waals surface area contributed by atoms with Gasteiger partial charge in [-0.15, -0.1) is 12.6 Å². The molecule has 0 bridgehead atoms. The third-order valence-corrected chi connectivity index (χ3v) is 3.60. The van der Waals surface area contributed by atoms with Crippen LogP contribution in [-0.2, 0) is 0 Å². The number of hydrogen-bond acceptors (Lipinski definition) is 3. The Kier molecular flexibility index (Phi) is 2.91. The first kappa shape index (κ1) is 12.1. The zero-order valence-electron chi connectivity index (χ0n) is 10.4. The van der Waals surface area contributed by atoms with Gasteiger partial charge in [0.2, 0.25) is 0 Å². The number of thiol groups is 1. The molecule has 0 saturated heterocycles. The highest BCUT2D eigenvalue weighted by Gasteiger charge is 2.07. The maximum Gasteiger partial charge on any atom is 0.344 e. The van der Waals surface area contributed by atoms with E-state index in [-0.39, 0.29) is 5.63 Å². The molecule has 2 aliphatic carbocycles. The number of hydrogen-bond donors (Lipinski definition) is 1. The quantitative estimate of drug-likeness (QED) is 0.487. The summed E-state index contributed by atoms with van der Waals surface area (Å²) >= 11 is 4.08. The summed E-state index contributed by atoms with van der Waals surface area (Å²) in [6.07, 6.45) is 0. The van der Waals surface area contributed by atoms with E-state index in [4.69, 9.17) is 4.42 Å². The summed E-state index contributed by atoms with van der Waals surface area (Å²) in [7, 11) is 0. The molecule has 0 saturated carbocycles. The summed E-state index contributed by atoms with van der Waals surface area (Å²) in [5, 5.41) is 1.91. The van der Waals surface area contributed by atoms with Gasteiger partial charge in [-0.05, 0) is 35.6 Å². The van der Waals surface area contributed by atoms with E-state index in [0.29, 0.717) is 10.5 Å². The van der Waals surface area contributed by atoms with Crippen LogP contribution in [0.25, 0.3) is 21.9 Å². The monoisotopic (exact) mass is 268 g/mol. The first-order valence-corrected chi connectivity index (χ1v) is 6.43. The zero-order valence-corrected chi connectivity index (χ0v) is 11.3. The predicted octanol–water partition coefficient (Wildman–Crippen LogP) is 4.06. The molecule has 3 heteroatoms. The van der Waals surface area contributed by atoms with E-state index in [0.717, 1.165) is 10.9 Å². The summed E-state index contributed by atoms with van der Waals surface area (Å²) in [6, 6.07) is 15.8. The van der Waals surface area contributed by atoms with Crippen LogP contribution in [0.5, 0.6) is 0 Å². The van der Waals surface area contributed by atoms with Crippen LogP contribution < -0.4 is 5.63 Å². The van der Waals surface area contributed by atoms with E-state index in [1.807, 2.05) is 25.1 Å². The Morgan fingerprint density at radius 2 is 1.58 bits per heavy atom. The predicted molar refractivity (Wildman–Crippen MR) is 79.9 cm³/mol. The minimum Gasteiger partial charge on any atom is -0.416 e. The summed E-state index contributed by atoms with van der Waals surface area (Å²) in [5.74, 6) is 0. The molecule has 0 unspecified atom stereocenters. The zero-order chi connectivity index (χ0) is 13.4. The summed E-state index contributed by atoms with van der Waals surface area (Å²) in [6.45, 7) is 1.88. The standard InChI is InChI=1S/C10H8O2S.C6H4/c1-6-7-4-2-3-5-8(7)9(11)12-10(6)13;1-2-5-4-6(5)3-1/h2-5,13H,1H3;1-4H. The SMILES string of the molecule is Cc1c(S)oc(=O)c2ccccc12.c1cc2cc-2c1. The fraction of sp³-hybridized carbons (Fsp3) is 0.0625. The van der Waals surface area contributed by atoms with Crippen molar-refractivity contribution in [3.63, 3.8) is 0 Å². The van der Waals surface area contributed by atoms with Crippen molar-refractivity contribution in [3.05, 3.63) is 64.5 Å². The highest BCUT2D eigenvalue weighted by Crippen LogP contribution is 2.32. The van der Waals surface area contributed by atoms with Crippen molar-refractivity contribution < 1.29 is 4.42 Å². The third-order valence-electron chi connectivity index (χ3n) is 3.17. The molecular weight excluding hydrogens is 256 g/mol. The second-order valence-electron chi connectivity index (χ2n) is 4.45. The van der Waals surface area contributed by atoms with Crippen molar-refractivity contribution in [2.45, 2.75) is 12.0 Å². The Hall–Kier alpha value is -2.00. The first-order valence-electron chi connectivity index (χ1n) is 5.98. The molecule has 2 nitrogen and oxygen atoms in total. The fourth-order valence-corrected chi connectivity index (χ4v) is 2.20. The maximum atomic E-state index is 11.3. The molecular formula is C16H12O2S. The fourth-order valence-electron chi connectivity index (χ4n) is 2.00. The molecule has 19 heavy (non-hydrogen) atoms. The molecule has 0 amide bonds. The second kappa shape index (κ2) is 4.59. The number of benzene rings is 2. The molecule has 0 aliphatic heterocycles. The maximum absolute atomic E-state index is 11.3. The topological polar surface area (TPSA) is 30.2 Å². The van der Waals surface area contributed by atoms with Gasteiger partial charge in [0.1, 0.15) is 0 Å². The minimum absolute atomic E-state index is 0.328. The van der Waals surface area contributed by atoms with E-state index in [1.165, 1.54) is 11.1 Å². The number of fused-ring (bicyclic) bond motifs is 2. The Morgan fingerprint density at radius 1 is 0.947 bits per heavy atom. The normalized spacial score (nSPS) is 10.8. The van der Waals surface area contributed by atoms with Crippen LogP contribution in [0.15, 0.2) is 62.8 Å². The van der Waals surface area contributed by atoms with Gasteiger partial charge in [0.25, 0.3) is 0 Å². The average Bonchev–Trinajstić information content (AvgIpc) is 3.03. The highest BCUT2D eigenvalue weighted by molar-refractivity contribution is 7.80. The van der Waals surface area contributed by atoms with E-state index >= 15 is 0 Å². The largest absolute Gasteiger partial charge is 0.416 e. The lowest BCUT2D eigenvalue weighted by atomic mass is 10.1. The first-order chi connectivity index (χ1) is 9.16. The lowest BCUT2D eigenvalue weighted by Gasteiger charge is -2.01. The molecule has 0 fully saturated rings.